The van der Waals surface area contributed by atoms with Gasteiger partial charge >= 0.3 is 0 Å². The van der Waals surface area contributed by atoms with Crippen molar-refractivity contribution in [1.29, 1.82) is 0 Å². The fraction of sp³-hybridized carbons (Fsp3) is 0. The van der Waals surface area contributed by atoms with Crippen LogP contribution in [0.4, 0.5) is 0 Å². The summed E-state index contributed by atoms with van der Waals surface area (Å²) in [4.78, 5) is 18.0. The molecular formula is C20H11BrN2O2S. The van der Waals surface area contributed by atoms with Crippen LogP contribution in [0.3, 0.4) is 0 Å². The minimum absolute atomic E-state index is 0.0692. The van der Waals surface area contributed by atoms with Gasteiger partial charge in [-0.25, -0.2) is 9.38 Å². The number of thiazole rings is 1. The maximum Gasteiger partial charge on any atom is 0.275 e. The third-order valence-electron chi connectivity index (χ3n) is 4.17. The summed E-state index contributed by atoms with van der Waals surface area (Å²) in [6.07, 6.45) is 1.78. The number of rotatable bonds is 2. The van der Waals surface area contributed by atoms with Crippen LogP contribution in [0.25, 0.3) is 33.4 Å². The molecule has 0 N–H and O–H groups in total. The van der Waals surface area contributed by atoms with Crippen LogP contribution in [0.5, 0.6) is 0 Å². The molecule has 0 saturated carbocycles. The minimum atomic E-state index is -0.0692. The van der Waals surface area contributed by atoms with Gasteiger partial charge in [0.25, 0.3) is 5.56 Å². The maximum atomic E-state index is 12.8. The van der Waals surface area contributed by atoms with E-state index in [2.05, 4.69) is 20.9 Å². The summed E-state index contributed by atoms with van der Waals surface area (Å²) in [5, 5.41) is 0. The van der Waals surface area contributed by atoms with E-state index in [-0.39, 0.29) is 5.56 Å². The topological polar surface area (TPSA) is 47.5 Å². The van der Waals surface area contributed by atoms with Gasteiger partial charge in [-0.1, -0.05) is 51.5 Å². The van der Waals surface area contributed by atoms with Crippen molar-refractivity contribution in [1.82, 2.24) is 9.38 Å². The highest BCUT2D eigenvalue weighted by atomic mass is 79.9. The van der Waals surface area contributed by atoms with Crippen LogP contribution in [-0.4, -0.2) is 9.38 Å². The molecule has 0 saturated heterocycles. The Hall–Kier alpha value is -2.70. The van der Waals surface area contributed by atoms with Gasteiger partial charge in [-0.3, -0.25) is 4.79 Å². The summed E-state index contributed by atoms with van der Waals surface area (Å²) < 4.78 is 9.18. The Morgan fingerprint density at radius 1 is 1.04 bits per heavy atom. The normalized spacial score (nSPS) is 12.4. The van der Waals surface area contributed by atoms with Crippen molar-refractivity contribution in [2.45, 2.75) is 0 Å². The Morgan fingerprint density at radius 3 is 2.69 bits per heavy atom. The highest BCUT2D eigenvalue weighted by Crippen LogP contribution is 2.24. The number of para-hydroxylation sites is 2. The summed E-state index contributed by atoms with van der Waals surface area (Å²) in [5.41, 5.74) is 2.58. The zero-order valence-electron chi connectivity index (χ0n) is 13.3. The van der Waals surface area contributed by atoms with E-state index in [0.29, 0.717) is 15.3 Å². The summed E-state index contributed by atoms with van der Waals surface area (Å²) in [6.45, 7) is 0. The Kier molecular flexibility index (Phi) is 3.55. The molecule has 2 aromatic carbocycles. The van der Waals surface area contributed by atoms with Crippen molar-refractivity contribution in [3.63, 3.8) is 0 Å². The number of benzene rings is 2. The Balaban J connectivity index is 1.62. The summed E-state index contributed by atoms with van der Waals surface area (Å²) in [6, 6.07) is 19.3. The number of hydrogen-bond donors (Lipinski definition) is 0. The van der Waals surface area contributed by atoms with E-state index in [0.717, 1.165) is 26.8 Å². The van der Waals surface area contributed by atoms with Gasteiger partial charge in [0.2, 0.25) is 0 Å². The van der Waals surface area contributed by atoms with E-state index in [1.165, 1.54) is 11.3 Å². The van der Waals surface area contributed by atoms with Crippen LogP contribution in [-0.2, 0) is 0 Å². The number of nitrogens with zero attached hydrogens (tertiary/aromatic N) is 2. The van der Waals surface area contributed by atoms with Gasteiger partial charge in [0.05, 0.1) is 11.0 Å². The fourth-order valence-corrected chi connectivity index (χ4v) is 4.17. The first-order valence-corrected chi connectivity index (χ1v) is 9.57. The number of aromatic nitrogens is 2. The molecule has 0 bridgehead atoms. The molecule has 0 aliphatic heterocycles. The molecule has 126 valence electrons. The fourth-order valence-electron chi connectivity index (χ4n) is 2.94. The molecule has 0 aliphatic rings. The number of furan rings is 1. The van der Waals surface area contributed by atoms with Crippen molar-refractivity contribution < 1.29 is 4.42 Å². The van der Waals surface area contributed by atoms with E-state index in [9.17, 15) is 4.79 Å². The zero-order valence-corrected chi connectivity index (χ0v) is 15.8. The predicted octanol–water partition coefficient (Wildman–Crippen LogP) is 4.48. The quantitative estimate of drug-likeness (QED) is 0.421. The molecule has 0 fully saturated rings. The number of imidazole rings is 1. The molecule has 0 unspecified atom stereocenters. The van der Waals surface area contributed by atoms with E-state index >= 15 is 0 Å². The first kappa shape index (κ1) is 15.5. The van der Waals surface area contributed by atoms with Crippen molar-refractivity contribution in [2.24, 2.45) is 0 Å². The zero-order chi connectivity index (χ0) is 17.7. The van der Waals surface area contributed by atoms with Gasteiger partial charge in [-0.05, 0) is 36.4 Å². The maximum absolute atomic E-state index is 12.8. The molecule has 0 atom stereocenters. The first-order chi connectivity index (χ1) is 12.7. The van der Waals surface area contributed by atoms with E-state index < -0.39 is 0 Å². The van der Waals surface area contributed by atoms with Gasteiger partial charge < -0.3 is 4.42 Å². The summed E-state index contributed by atoms with van der Waals surface area (Å²) >= 11 is 4.80. The highest BCUT2D eigenvalue weighted by Gasteiger charge is 2.11. The number of hydrogen-bond acceptors (Lipinski definition) is 4. The van der Waals surface area contributed by atoms with Crippen LogP contribution in [0.15, 0.2) is 74.3 Å². The van der Waals surface area contributed by atoms with Crippen molar-refractivity contribution in [3.8, 4) is 11.3 Å². The van der Waals surface area contributed by atoms with Gasteiger partial charge in [0.15, 0.2) is 4.96 Å². The Labute approximate surface area is 160 Å². The lowest BCUT2D eigenvalue weighted by Gasteiger charge is -1.96. The third-order valence-corrected chi connectivity index (χ3v) is 5.67. The van der Waals surface area contributed by atoms with Crippen LogP contribution in [0.2, 0.25) is 0 Å². The molecule has 6 heteroatoms. The minimum Gasteiger partial charge on any atom is -0.457 e. The van der Waals surface area contributed by atoms with Gasteiger partial charge in [-0.15, -0.1) is 0 Å². The second-order valence-electron chi connectivity index (χ2n) is 5.84. The molecular weight excluding hydrogens is 412 g/mol. The predicted molar refractivity (Wildman–Crippen MR) is 107 cm³/mol. The lowest BCUT2D eigenvalue weighted by Crippen LogP contribution is -2.22. The molecule has 3 aromatic heterocycles. The van der Waals surface area contributed by atoms with Crippen LogP contribution < -0.4 is 10.1 Å². The van der Waals surface area contributed by atoms with Crippen LogP contribution in [0.1, 0.15) is 5.76 Å². The molecule has 4 nitrogen and oxygen atoms in total. The van der Waals surface area contributed by atoms with Crippen molar-refractivity contribution in [2.75, 3.05) is 0 Å². The van der Waals surface area contributed by atoms with Gasteiger partial charge in [-0.2, -0.15) is 0 Å². The summed E-state index contributed by atoms with van der Waals surface area (Å²) in [7, 11) is 0. The average molecular weight is 423 g/mol. The van der Waals surface area contributed by atoms with Crippen molar-refractivity contribution >= 4 is 49.3 Å². The van der Waals surface area contributed by atoms with E-state index in [4.69, 9.17) is 4.42 Å². The largest absolute Gasteiger partial charge is 0.457 e. The Morgan fingerprint density at radius 2 is 1.85 bits per heavy atom. The molecule has 0 aliphatic carbocycles. The van der Waals surface area contributed by atoms with E-state index in [1.54, 1.807) is 10.5 Å². The third kappa shape index (κ3) is 2.50. The molecule has 26 heavy (non-hydrogen) atoms. The molecule has 0 spiro atoms. The van der Waals surface area contributed by atoms with Crippen molar-refractivity contribution in [3.05, 3.63) is 85.8 Å². The number of fused-ring (bicyclic) bond motifs is 3. The standard InChI is InChI=1S/C20H11BrN2O2S/c21-13-7-5-12(6-8-13)17-10-9-14(25-17)11-18-19(24)23-16-4-2-1-3-15(16)22-20(23)26-18/h1-11H. The molecule has 0 radical (unpaired) electrons. The monoisotopic (exact) mass is 422 g/mol. The Bertz CT molecular complexity index is 1360. The molecule has 5 aromatic rings. The smallest absolute Gasteiger partial charge is 0.275 e. The van der Waals surface area contributed by atoms with E-state index in [1.807, 2.05) is 60.7 Å². The average Bonchev–Trinajstić information content (AvgIpc) is 3.32. The lowest BCUT2D eigenvalue weighted by atomic mass is 10.2. The first-order valence-electron chi connectivity index (χ1n) is 7.96. The molecule has 5 rings (SSSR count). The summed E-state index contributed by atoms with van der Waals surface area (Å²) in [5.74, 6) is 1.41. The molecule has 3 heterocycles. The number of halogens is 1. The second-order valence-corrected chi connectivity index (χ2v) is 7.77. The highest BCUT2D eigenvalue weighted by molar-refractivity contribution is 9.10. The van der Waals surface area contributed by atoms with Gasteiger partial charge in [0, 0.05) is 16.1 Å². The van der Waals surface area contributed by atoms with Crippen LogP contribution in [0, 0.1) is 0 Å². The van der Waals surface area contributed by atoms with Gasteiger partial charge in [0.1, 0.15) is 16.1 Å². The lowest BCUT2D eigenvalue weighted by molar-refractivity contribution is 0.571. The second kappa shape index (κ2) is 5.93. The van der Waals surface area contributed by atoms with Crippen LogP contribution >= 0.6 is 27.3 Å². The molecule has 0 amide bonds. The SMILES string of the molecule is O=c1c(=Cc2ccc(-c3ccc(Br)cc3)o2)sc2nc3ccccc3n12.